The third kappa shape index (κ3) is 3.64. The predicted molar refractivity (Wildman–Crippen MR) is 108 cm³/mol. The van der Waals surface area contributed by atoms with Crippen LogP contribution in [0.2, 0.25) is 0 Å². The molecule has 1 aromatic heterocycles. The van der Waals surface area contributed by atoms with Gasteiger partial charge in [-0.1, -0.05) is 12.1 Å². The lowest BCUT2D eigenvalue weighted by Crippen LogP contribution is -1.99. The van der Waals surface area contributed by atoms with E-state index in [-0.39, 0.29) is 5.69 Å². The maximum Gasteiger partial charge on any atom is 0.270 e. The Kier molecular flexibility index (Phi) is 5.28. The lowest BCUT2D eigenvalue weighted by atomic mass is 10.0. The van der Waals surface area contributed by atoms with Gasteiger partial charge in [-0.3, -0.25) is 10.1 Å². The number of hydrogen-bond donors (Lipinski definition) is 0. The van der Waals surface area contributed by atoms with Gasteiger partial charge in [0.1, 0.15) is 5.75 Å². The smallest absolute Gasteiger partial charge is 0.270 e. The zero-order chi connectivity index (χ0) is 20.3. The fourth-order valence-corrected chi connectivity index (χ4v) is 3.19. The monoisotopic (exact) mass is 373 g/mol. The van der Waals surface area contributed by atoms with E-state index >= 15 is 0 Å². The summed E-state index contributed by atoms with van der Waals surface area (Å²) in [4.78, 5) is 10.6. The van der Waals surface area contributed by atoms with Gasteiger partial charge in [0.2, 0.25) is 0 Å². The fraction of sp³-hybridized carbons (Fsp3) is 0.136. The van der Waals surface area contributed by atoms with Crippen molar-refractivity contribution in [1.29, 1.82) is 5.26 Å². The van der Waals surface area contributed by atoms with Crippen LogP contribution in [0, 0.1) is 35.3 Å². The number of hydrogen-bond acceptors (Lipinski definition) is 4. The van der Waals surface area contributed by atoms with Gasteiger partial charge in [0.25, 0.3) is 5.69 Å². The summed E-state index contributed by atoms with van der Waals surface area (Å²) < 4.78 is 7.30. The minimum absolute atomic E-state index is 0.0395. The van der Waals surface area contributed by atoms with E-state index in [9.17, 15) is 15.4 Å². The van der Waals surface area contributed by atoms with Crippen LogP contribution in [0.4, 0.5) is 5.69 Å². The van der Waals surface area contributed by atoms with Crippen LogP contribution >= 0.6 is 0 Å². The number of aryl methyl sites for hydroxylation is 1. The summed E-state index contributed by atoms with van der Waals surface area (Å²) in [6, 6.07) is 18.0. The molecule has 28 heavy (non-hydrogen) atoms. The predicted octanol–water partition coefficient (Wildman–Crippen LogP) is 5.08. The van der Waals surface area contributed by atoms with Crippen LogP contribution in [0.5, 0.6) is 5.75 Å². The highest BCUT2D eigenvalue weighted by molar-refractivity contribution is 5.90. The highest BCUT2D eigenvalue weighted by Gasteiger charge is 2.13. The highest BCUT2D eigenvalue weighted by Crippen LogP contribution is 2.27. The molecule has 0 amide bonds. The van der Waals surface area contributed by atoms with E-state index in [0.717, 1.165) is 28.4 Å². The third-order valence-corrected chi connectivity index (χ3v) is 4.59. The third-order valence-electron chi connectivity index (χ3n) is 4.59. The van der Waals surface area contributed by atoms with Crippen LogP contribution in [0.15, 0.2) is 54.6 Å². The number of nitro groups is 1. The number of allylic oxidation sites excluding steroid dienone is 1. The van der Waals surface area contributed by atoms with Crippen molar-refractivity contribution >= 4 is 17.3 Å². The van der Waals surface area contributed by atoms with Gasteiger partial charge >= 0.3 is 0 Å². The molecule has 0 atom stereocenters. The van der Waals surface area contributed by atoms with E-state index < -0.39 is 4.92 Å². The number of aromatic nitrogens is 1. The van der Waals surface area contributed by atoms with Crippen molar-refractivity contribution in [3.05, 3.63) is 87.2 Å². The number of non-ortho nitro benzene ring substituents is 1. The molecule has 0 saturated heterocycles. The van der Waals surface area contributed by atoms with Crippen molar-refractivity contribution in [2.75, 3.05) is 7.11 Å². The van der Waals surface area contributed by atoms with Crippen molar-refractivity contribution in [2.45, 2.75) is 13.8 Å². The first-order valence-electron chi connectivity index (χ1n) is 8.64. The molecule has 0 fully saturated rings. The van der Waals surface area contributed by atoms with Gasteiger partial charge in [0.05, 0.1) is 23.7 Å². The lowest BCUT2D eigenvalue weighted by molar-refractivity contribution is -0.384. The molecule has 1 heterocycles. The molecule has 0 N–H and O–H groups in total. The second-order valence-corrected chi connectivity index (χ2v) is 6.34. The minimum Gasteiger partial charge on any atom is -0.497 e. The van der Waals surface area contributed by atoms with E-state index in [1.807, 2.05) is 44.2 Å². The first-order valence-corrected chi connectivity index (χ1v) is 8.64. The summed E-state index contributed by atoms with van der Waals surface area (Å²) in [5, 5.41) is 20.6. The maximum atomic E-state index is 11.0. The number of nitro benzene ring substituents is 1. The molecule has 0 bridgehead atoms. The quantitative estimate of drug-likeness (QED) is 0.355. The summed E-state index contributed by atoms with van der Waals surface area (Å²) in [6.07, 6.45) is 1.77. The standard InChI is InChI=1S/C22H19N3O3/c1-15-11-18(16(2)24(15)20-7-9-22(28-3)10-8-20)12-19(14-23)17-5-4-6-21(13-17)25(26)27/h4-13H,1-3H3. The van der Waals surface area contributed by atoms with Gasteiger partial charge in [-0.2, -0.15) is 5.26 Å². The molecule has 0 radical (unpaired) electrons. The molecular weight excluding hydrogens is 354 g/mol. The van der Waals surface area contributed by atoms with Gasteiger partial charge < -0.3 is 9.30 Å². The van der Waals surface area contributed by atoms with Gasteiger partial charge in [-0.05, 0) is 61.4 Å². The lowest BCUT2D eigenvalue weighted by Gasteiger charge is -2.10. The molecule has 3 aromatic rings. The Labute approximate surface area is 163 Å². The summed E-state index contributed by atoms with van der Waals surface area (Å²) in [5.74, 6) is 0.781. The van der Waals surface area contributed by atoms with E-state index in [2.05, 4.69) is 10.6 Å². The van der Waals surface area contributed by atoms with E-state index in [1.165, 1.54) is 12.1 Å². The molecule has 0 aliphatic heterocycles. The summed E-state index contributed by atoms with van der Waals surface area (Å²) in [7, 11) is 1.63. The number of methoxy groups -OCH3 is 1. The molecular formula is C22H19N3O3. The minimum atomic E-state index is -0.464. The Morgan fingerprint density at radius 3 is 2.50 bits per heavy atom. The summed E-state index contributed by atoms with van der Waals surface area (Å²) >= 11 is 0. The van der Waals surface area contributed by atoms with Crippen molar-refractivity contribution in [3.63, 3.8) is 0 Å². The summed E-state index contributed by atoms with van der Waals surface area (Å²) in [5.41, 5.74) is 4.72. The Bertz CT molecular complexity index is 1100. The molecule has 0 spiro atoms. The van der Waals surface area contributed by atoms with Gasteiger partial charge in [-0.25, -0.2) is 0 Å². The van der Waals surface area contributed by atoms with Crippen LogP contribution < -0.4 is 4.74 Å². The molecule has 3 rings (SSSR count). The van der Waals surface area contributed by atoms with Crippen LogP contribution in [-0.4, -0.2) is 16.6 Å². The molecule has 0 saturated carbocycles. The first kappa shape index (κ1) is 18.9. The van der Waals surface area contributed by atoms with Crippen LogP contribution in [0.1, 0.15) is 22.5 Å². The Morgan fingerprint density at radius 2 is 1.89 bits per heavy atom. The second kappa shape index (κ2) is 7.80. The average Bonchev–Trinajstić information content (AvgIpc) is 2.99. The fourth-order valence-electron chi connectivity index (χ4n) is 3.19. The normalized spacial score (nSPS) is 11.1. The van der Waals surface area contributed by atoms with Crippen LogP contribution in [-0.2, 0) is 0 Å². The van der Waals surface area contributed by atoms with Crippen molar-refractivity contribution in [1.82, 2.24) is 4.57 Å². The molecule has 2 aromatic carbocycles. The zero-order valence-electron chi connectivity index (χ0n) is 15.8. The number of benzene rings is 2. The van der Waals surface area contributed by atoms with E-state index in [1.54, 1.807) is 25.3 Å². The van der Waals surface area contributed by atoms with Crippen molar-refractivity contribution in [3.8, 4) is 17.5 Å². The molecule has 6 nitrogen and oxygen atoms in total. The topological polar surface area (TPSA) is 81.1 Å². The Hall–Kier alpha value is -3.85. The number of nitrogens with zero attached hydrogens (tertiary/aromatic N) is 3. The van der Waals surface area contributed by atoms with Crippen molar-refractivity contribution in [2.24, 2.45) is 0 Å². The number of ether oxygens (including phenoxy) is 1. The highest BCUT2D eigenvalue weighted by atomic mass is 16.6. The number of rotatable bonds is 5. The second-order valence-electron chi connectivity index (χ2n) is 6.34. The van der Waals surface area contributed by atoms with Gasteiger partial charge in [-0.15, -0.1) is 0 Å². The van der Waals surface area contributed by atoms with Crippen LogP contribution in [0.3, 0.4) is 0 Å². The Morgan fingerprint density at radius 1 is 1.18 bits per heavy atom. The largest absolute Gasteiger partial charge is 0.497 e. The number of nitriles is 1. The molecule has 0 aliphatic carbocycles. The summed E-state index contributed by atoms with van der Waals surface area (Å²) in [6.45, 7) is 3.97. The molecule has 0 aliphatic rings. The molecule has 6 heteroatoms. The van der Waals surface area contributed by atoms with Gasteiger partial charge in [0, 0.05) is 29.2 Å². The molecule has 0 unspecified atom stereocenters. The zero-order valence-corrected chi connectivity index (χ0v) is 15.8. The van der Waals surface area contributed by atoms with E-state index in [0.29, 0.717) is 11.1 Å². The molecule has 140 valence electrons. The van der Waals surface area contributed by atoms with E-state index in [4.69, 9.17) is 4.74 Å². The SMILES string of the molecule is COc1ccc(-n2c(C)cc(C=C(C#N)c3cccc([N+](=O)[O-])c3)c2C)cc1. The van der Waals surface area contributed by atoms with Crippen LogP contribution in [0.25, 0.3) is 17.3 Å². The first-order chi connectivity index (χ1) is 13.4. The maximum absolute atomic E-state index is 11.0. The Balaban J connectivity index is 2.05. The average molecular weight is 373 g/mol. The van der Waals surface area contributed by atoms with Crippen molar-refractivity contribution < 1.29 is 9.66 Å². The van der Waals surface area contributed by atoms with Gasteiger partial charge in [0.15, 0.2) is 0 Å².